The Labute approximate surface area is 331 Å². The highest BCUT2D eigenvalue weighted by Crippen LogP contribution is 2.30. The number of nitrogens with zero attached hydrogens (tertiary/aromatic N) is 3. The summed E-state index contributed by atoms with van der Waals surface area (Å²) in [5.41, 5.74) is 15.3. The predicted octanol–water partition coefficient (Wildman–Crippen LogP) is 5.77. The van der Waals surface area contributed by atoms with Gasteiger partial charge in [0.25, 0.3) is 5.89 Å². The van der Waals surface area contributed by atoms with Crippen molar-refractivity contribution in [1.82, 2.24) is 14.6 Å². The fraction of sp³-hybridized carbons (Fsp3) is 0.390. The summed E-state index contributed by atoms with van der Waals surface area (Å²) in [7, 11) is -3.81. The van der Waals surface area contributed by atoms with Crippen molar-refractivity contribution in [2.24, 2.45) is 22.4 Å². The van der Waals surface area contributed by atoms with Crippen LogP contribution < -0.4 is 16.2 Å². The molecule has 13 nitrogen and oxygen atoms in total. The van der Waals surface area contributed by atoms with Crippen LogP contribution in [0.25, 0.3) is 11.1 Å². The zero-order valence-electron chi connectivity index (χ0n) is 31.2. The van der Waals surface area contributed by atoms with Crippen LogP contribution in [0.15, 0.2) is 93.9 Å². The lowest BCUT2D eigenvalue weighted by Crippen LogP contribution is -2.51. The third-order valence-electron chi connectivity index (χ3n) is 10.1. The number of carbonyl (C=O) groups excluding carboxylic acids is 3. The number of amides is 1. The van der Waals surface area contributed by atoms with Gasteiger partial charge in [-0.2, -0.15) is 0 Å². The van der Waals surface area contributed by atoms with Gasteiger partial charge in [0.15, 0.2) is 17.3 Å². The van der Waals surface area contributed by atoms with Crippen molar-refractivity contribution in [1.29, 1.82) is 0 Å². The number of likely N-dealkylation sites (tertiary alicyclic amines) is 1. The highest BCUT2D eigenvalue weighted by atomic mass is 35.5. The minimum Gasteiger partial charge on any atom is -0.434 e. The maximum Gasteiger partial charge on any atom is 0.264 e. The summed E-state index contributed by atoms with van der Waals surface area (Å²) in [6.45, 7) is 0.258. The van der Waals surface area contributed by atoms with Crippen LogP contribution in [-0.2, 0) is 37.4 Å². The van der Waals surface area contributed by atoms with Crippen molar-refractivity contribution in [3.05, 3.63) is 106 Å². The van der Waals surface area contributed by atoms with E-state index in [0.717, 1.165) is 49.5 Å². The van der Waals surface area contributed by atoms with Crippen LogP contribution in [0.4, 0.5) is 5.69 Å². The van der Waals surface area contributed by atoms with Gasteiger partial charge in [-0.1, -0.05) is 66.1 Å². The quantitative estimate of drug-likeness (QED) is 0.0541. The van der Waals surface area contributed by atoms with Crippen molar-refractivity contribution in [3.8, 4) is 0 Å². The van der Waals surface area contributed by atoms with Crippen LogP contribution in [0.2, 0.25) is 5.02 Å². The van der Waals surface area contributed by atoms with Crippen LogP contribution in [0.5, 0.6) is 0 Å². The molecule has 1 aromatic heterocycles. The standard InChI is InChI=1S/C41H47ClN6O7S/c1-56(52,53)47-34(20-15-26-7-3-2-4-8-26)40(51)48-24-32(54-25-28-11-16-30(42)17-12-28)23-35(48)36(49)22-29(21-27-13-18-31(19-14-27)45-41(43)44)38(50)39-46-33-9-5-6-10-37(33)55-39/h5-6,9-19,29,32,34-35,47H,2-4,7-8,20-25H2,1H3,(H4,43,44,45)/t29-,32-,34-,35+/m1/s1. The smallest absolute Gasteiger partial charge is 0.264 e. The first-order valence-corrected chi connectivity index (χ1v) is 21.0. The molecule has 0 bridgehead atoms. The fourth-order valence-corrected chi connectivity index (χ4v) is 8.18. The number of nitrogens with one attached hydrogen (secondary N) is 1. The van der Waals surface area contributed by atoms with Gasteiger partial charge in [0.2, 0.25) is 21.7 Å². The number of halogens is 1. The van der Waals surface area contributed by atoms with Crippen molar-refractivity contribution < 1.29 is 32.0 Å². The molecule has 1 aliphatic carbocycles. The van der Waals surface area contributed by atoms with Crippen LogP contribution in [-0.4, -0.2) is 72.7 Å². The van der Waals surface area contributed by atoms with E-state index in [-0.39, 0.29) is 56.5 Å². The number of ketones is 2. The number of aliphatic imine (C=N–C) groups is 1. The summed E-state index contributed by atoms with van der Waals surface area (Å²) in [6.07, 6.45) is 7.64. The third-order valence-corrected chi connectivity index (χ3v) is 11.1. The number of ether oxygens (including phenoxy) is 1. The SMILES string of the molecule is CS(=O)(=O)N[C@H](CC=C1CCCCC1)C(=O)N1C[C@H](OCc2ccc(Cl)cc2)C[C@H]1C(=O)C[C@@H](Cc1ccc(N=C(N)N)cc1)C(=O)c1nc2ccccc2o1. The molecule has 0 radical (unpaired) electrons. The van der Waals surface area contributed by atoms with E-state index in [9.17, 15) is 22.8 Å². The van der Waals surface area contributed by atoms with Gasteiger partial charge >= 0.3 is 0 Å². The number of nitrogens with two attached hydrogens (primary N) is 2. The summed E-state index contributed by atoms with van der Waals surface area (Å²) in [4.78, 5) is 53.1. The van der Waals surface area contributed by atoms with E-state index >= 15 is 0 Å². The van der Waals surface area contributed by atoms with Crippen LogP contribution in [0.1, 0.15) is 73.2 Å². The third kappa shape index (κ3) is 11.1. The molecule has 0 unspecified atom stereocenters. The zero-order chi connectivity index (χ0) is 39.8. The van der Waals surface area contributed by atoms with E-state index < -0.39 is 45.8 Å². The molecular formula is C41H47ClN6O7S. The lowest BCUT2D eigenvalue weighted by molar-refractivity contribution is -0.139. The highest BCUT2D eigenvalue weighted by molar-refractivity contribution is 7.88. The maximum absolute atomic E-state index is 14.6. The zero-order valence-corrected chi connectivity index (χ0v) is 32.8. The number of fused-ring (bicyclic) bond motifs is 1. The second kappa shape index (κ2) is 18.4. The minimum atomic E-state index is -3.81. The second-order valence-electron chi connectivity index (χ2n) is 14.5. The molecule has 15 heteroatoms. The number of carbonyl (C=O) groups is 3. The first kappa shape index (κ1) is 40.8. The Morgan fingerprint density at radius 2 is 1.71 bits per heavy atom. The highest BCUT2D eigenvalue weighted by Gasteiger charge is 2.43. The van der Waals surface area contributed by atoms with Gasteiger partial charge in [-0.05, 0) is 86.1 Å². The molecule has 1 aliphatic heterocycles. The lowest BCUT2D eigenvalue weighted by atomic mass is 9.88. The Hall–Kier alpha value is -4.89. The van der Waals surface area contributed by atoms with Crippen molar-refractivity contribution in [2.45, 2.75) is 82.6 Å². The molecule has 2 fully saturated rings. The van der Waals surface area contributed by atoms with Crippen LogP contribution >= 0.6 is 11.6 Å². The van der Waals surface area contributed by atoms with Crippen molar-refractivity contribution in [3.63, 3.8) is 0 Å². The molecule has 3 aromatic carbocycles. The van der Waals surface area contributed by atoms with Crippen LogP contribution in [0.3, 0.4) is 0 Å². The summed E-state index contributed by atoms with van der Waals surface area (Å²) in [6, 6.07) is 19.0. The summed E-state index contributed by atoms with van der Waals surface area (Å²) < 4.78 is 39.8. The summed E-state index contributed by atoms with van der Waals surface area (Å²) >= 11 is 6.07. The van der Waals surface area contributed by atoms with E-state index in [0.29, 0.717) is 21.8 Å². The van der Waals surface area contributed by atoms with Gasteiger partial charge in [0, 0.05) is 30.3 Å². The minimum absolute atomic E-state index is 0.0529. The van der Waals surface area contributed by atoms with Gasteiger partial charge in [-0.15, -0.1) is 0 Å². The predicted molar refractivity (Wildman–Crippen MR) is 215 cm³/mol. The maximum atomic E-state index is 14.6. The molecular weight excluding hydrogens is 756 g/mol. The molecule has 0 spiro atoms. The number of hydrogen-bond acceptors (Lipinski definition) is 9. The Morgan fingerprint density at radius 1 is 1.02 bits per heavy atom. The van der Waals surface area contributed by atoms with Gasteiger partial charge in [-0.25, -0.2) is 23.1 Å². The first-order valence-electron chi connectivity index (χ1n) is 18.7. The molecule has 2 aliphatic rings. The van der Waals surface area contributed by atoms with E-state index in [4.69, 9.17) is 32.2 Å². The molecule has 1 amide bonds. The first-order chi connectivity index (χ1) is 26.8. The molecule has 6 rings (SSSR count). The molecule has 4 aromatic rings. The largest absolute Gasteiger partial charge is 0.434 e. The monoisotopic (exact) mass is 802 g/mol. The normalized spacial score (nSPS) is 18.4. The number of Topliss-reactive ketones (excluding diaryl/α,β-unsaturated/α-hetero) is 2. The Morgan fingerprint density at radius 3 is 2.39 bits per heavy atom. The number of allylic oxidation sites excluding steroid dienone is 1. The Kier molecular flexibility index (Phi) is 13.4. The molecule has 56 heavy (non-hydrogen) atoms. The molecule has 5 N–H and O–H groups in total. The van der Waals surface area contributed by atoms with Crippen LogP contribution in [0, 0.1) is 5.92 Å². The Bertz CT molecular complexity index is 2160. The van der Waals surface area contributed by atoms with E-state index in [2.05, 4.69) is 14.7 Å². The fourth-order valence-electron chi connectivity index (χ4n) is 7.34. The number of guanidine groups is 1. The number of hydrogen-bond donors (Lipinski definition) is 3. The summed E-state index contributed by atoms with van der Waals surface area (Å²) in [5, 5.41) is 0.580. The Balaban J connectivity index is 1.29. The van der Waals surface area contributed by atoms with Crippen molar-refractivity contribution >= 4 is 61.8 Å². The molecule has 4 atom stereocenters. The van der Waals surface area contributed by atoms with Crippen molar-refractivity contribution in [2.75, 3.05) is 12.8 Å². The average molecular weight is 803 g/mol. The van der Waals surface area contributed by atoms with Gasteiger partial charge in [0.05, 0.1) is 30.7 Å². The average Bonchev–Trinajstić information content (AvgIpc) is 3.81. The number of aromatic nitrogens is 1. The van der Waals surface area contributed by atoms with Gasteiger partial charge < -0.3 is 25.5 Å². The van der Waals surface area contributed by atoms with Gasteiger partial charge in [-0.3, -0.25) is 14.4 Å². The number of rotatable bonds is 16. The molecule has 296 valence electrons. The summed E-state index contributed by atoms with van der Waals surface area (Å²) in [5.74, 6) is -2.51. The number of sulfonamides is 1. The van der Waals surface area contributed by atoms with E-state index in [1.165, 1.54) is 10.5 Å². The number of para-hydroxylation sites is 2. The topological polar surface area (TPSA) is 200 Å². The number of benzene rings is 3. The lowest BCUT2D eigenvalue weighted by Gasteiger charge is -2.29. The van der Waals surface area contributed by atoms with E-state index in [1.807, 2.05) is 18.2 Å². The molecule has 2 heterocycles. The molecule has 1 saturated carbocycles. The number of oxazole rings is 1. The van der Waals surface area contributed by atoms with Gasteiger partial charge in [0.1, 0.15) is 11.6 Å². The molecule has 1 saturated heterocycles. The van der Waals surface area contributed by atoms with E-state index in [1.54, 1.807) is 60.7 Å². The second-order valence-corrected chi connectivity index (χ2v) is 16.7.